The molecule has 0 aliphatic heterocycles. The quantitative estimate of drug-likeness (QED) is 0.556. The zero-order valence-electron chi connectivity index (χ0n) is 10.1. The number of rotatable bonds is 5. The lowest BCUT2D eigenvalue weighted by molar-refractivity contribution is 0.578. The first-order valence-corrected chi connectivity index (χ1v) is 7.07. The highest BCUT2D eigenvalue weighted by atomic mass is 32.2. The molecule has 4 N–H and O–H groups in total. The number of anilines is 1. The van der Waals surface area contributed by atoms with E-state index in [2.05, 4.69) is 15.1 Å². The molecule has 0 fully saturated rings. The summed E-state index contributed by atoms with van der Waals surface area (Å²) in [6.07, 6.45) is 1.40. The van der Waals surface area contributed by atoms with Gasteiger partial charge in [0.05, 0.1) is 5.69 Å². The standard InChI is InChI=1S/C12H14N4O2S/c13-16-11-7-4-8-14-12(11)19(17,18)15-9-10-5-2-1-3-6-10/h1-8,15-16H,9,13H2. The number of pyridine rings is 1. The molecule has 0 amide bonds. The van der Waals surface area contributed by atoms with E-state index in [4.69, 9.17) is 5.84 Å². The fourth-order valence-electron chi connectivity index (χ4n) is 1.56. The Labute approximate surface area is 111 Å². The number of nitrogen functional groups attached to an aromatic ring is 1. The van der Waals surface area contributed by atoms with E-state index in [-0.39, 0.29) is 17.3 Å². The maximum atomic E-state index is 12.1. The van der Waals surface area contributed by atoms with Gasteiger partial charge in [-0.25, -0.2) is 18.1 Å². The van der Waals surface area contributed by atoms with Crippen molar-refractivity contribution in [2.45, 2.75) is 11.6 Å². The van der Waals surface area contributed by atoms with Crippen molar-refractivity contribution < 1.29 is 8.42 Å². The average molecular weight is 278 g/mol. The van der Waals surface area contributed by atoms with Gasteiger partial charge in [-0.05, 0) is 17.7 Å². The van der Waals surface area contributed by atoms with Gasteiger partial charge in [-0.2, -0.15) is 0 Å². The molecule has 100 valence electrons. The Morgan fingerprint density at radius 2 is 1.84 bits per heavy atom. The third-order valence-corrected chi connectivity index (χ3v) is 3.85. The summed E-state index contributed by atoms with van der Waals surface area (Å²) in [6, 6.07) is 12.4. The number of nitrogens with zero attached hydrogens (tertiary/aromatic N) is 1. The fourth-order valence-corrected chi connectivity index (χ4v) is 2.67. The van der Waals surface area contributed by atoms with Crippen molar-refractivity contribution in [2.24, 2.45) is 5.84 Å². The molecule has 1 aromatic heterocycles. The fraction of sp³-hybridized carbons (Fsp3) is 0.0833. The maximum absolute atomic E-state index is 12.1. The number of sulfonamides is 1. The minimum absolute atomic E-state index is 0.117. The normalized spacial score (nSPS) is 11.2. The zero-order valence-corrected chi connectivity index (χ0v) is 10.9. The molecule has 0 bridgehead atoms. The van der Waals surface area contributed by atoms with Crippen LogP contribution in [0.25, 0.3) is 0 Å². The van der Waals surface area contributed by atoms with Crippen LogP contribution in [0.3, 0.4) is 0 Å². The number of nitrogens with one attached hydrogen (secondary N) is 2. The Morgan fingerprint density at radius 3 is 2.53 bits per heavy atom. The summed E-state index contributed by atoms with van der Waals surface area (Å²) in [6.45, 7) is 0.198. The molecule has 0 unspecified atom stereocenters. The third kappa shape index (κ3) is 3.28. The lowest BCUT2D eigenvalue weighted by atomic mass is 10.2. The summed E-state index contributed by atoms with van der Waals surface area (Å²) >= 11 is 0. The van der Waals surface area contributed by atoms with Crippen molar-refractivity contribution in [3.8, 4) is 0 Å². The lowest BCUT2D eigenvalue weighted by Crippen LogP contribution is -2.26. The van der Waals surface area contributed by atoms with E-state index in [1.54, 1.807) is 12.1 Å². The predicted octanol–water partition coefficient (Wildman–Crippen LogP) is 0.846. The monoisotopic (exact) mass is 278 g/mol. The first-order valence-electron chi connectivity index (χ1n) is 5.59. The van der Waals surface area contributed by atoms with Crippen LogP contribution in [0.15, 0.2) is 53.7 Å². The second kappa shape index (κ2) is 5.79. The maximum Gasteiger partial charge on any atom is 0.260 e. The van der Waals surface area contributed by atoms with Crippen LogP contribution in [0.2, 0.25) is 0 Å². The van der Waals surface area contributed by atoms with Gasteiger partial charge >= 0.3 is 0 Å². The highest BCUT2D eigenvalue weighted by molar-refractivity contribution is 7.89. The molecule has 0 aliphatic rings. The molecule has 0 radical (unpaired) electrons. The molecule has 0 aliphatic carbocycles. The van der Waals surface area contributed by atoms with Crippen molar-refractivity contribution in [2.75, 3.05) is 5.43 Å². The minimum atomic E-state index is -3.70. The Kier molecular flexibility index (Phi) is 4.10. The number of aromatic nitrogens is 1. The number of benzene rings is 1. The summed E-state index contributed by atoms with van der Waals surface area (Å²) < 4.78 is 26.7. The summed E-state index contributed by atoms with van der Waals surface area (Å²) in [7, 11) is -3.70. The number of hydrogen-bond donors (Lipinski definition) is 3. The average Bonchev–Trinajstić information content (AvgIpc) is 2.46. The molecule has 19 heavy (non-hydrogen) atoms. The Bertz CT molecular complexity index is 644. The van der Waals surface area contributed by atoms with Gasteiger partial charge in [-0.1, -0.05) is 30.3 Å². The van der Waals surface area contributed by atoms with Crippen LogP contribution < -0.4 is 16.0 Å². The van der Waals surface area contributed by atoms with E-state index >= 15 is 0 Å². The molecule has 0 spiro atoms. The summed E-state index contributed by atoms with van der Waals surface area (Å²) in [5.74, 6) is 5.27. The molecular weight excluding hydrogens is 264 g/mol. The minimum Gasteiger partial charge on any atom is -0.321 e. The van der Waals surface area contributed by atoms with Crippen LogP contribution in [-0.4, -0.2) is 13.4 Å². The second-order valence-electron chi connectivity index (χ2n) is 3.81. The van der Waals surface area contributed by atoms with E-state index in [1.165, 1.54) is 6.20 Å². The molecule has 2 aromatic rings. The van der Waals surface area contributed by atoms with Gasteiger partial charge in [0.1, 0.15) is 0 Å². The van der Waals surface area contributed by atoms with Crippen LogP contribution >= 0.6 is 0 Å². The van der Waals surface area contributed by atoms with Gasteiger partial charge in [-0.3, -0.25) is 5.84 Å². The van der Waals surface area contributed by atoms with Crippen LogP contribution in [-0.2, 0) is 16.6 Å². The largest absolute Gasteiger partial charge is 0.321 e. The molecule has 0 saturated carbocycles. The Hall–Kier alpha value is -1.96. The summed E-state index contributed by atoms with van der Waals surface area (Å²) in [5, 5.41) is -0.117. The van der Waals surface area contributed by atoms with Gasteiger partial charge in [-0.15, -0.1) is 0 Å². The third-order valence-electron chi connectivity index (χ3n) is 2.49. The number of nitrogens with two attached hydrogens (primary N) is 1. The van der Waals surface area contributed by atoms with Crippen LogP contribution in [0, 0.1) is 0 Å². The molecule has 1 aromatic carbocycles. The first kappa shape index (κ1) is 13.5. The number of hydrogen-bond acceptors (Lipinski definition) is 5. The van der Waals surface area contributed by atoms with Gasteiger partial charge < -0.3 is 5.43 Å². The van der Waals surface area contributed by atoms with Gasteiger partial charge in [0.25, 0.3) is 10.0 Å². The van der Waals surface area contributed by atoms with Crippen LogP contribution in [0.5, 0.6) is 0 Å². The van der Waals surface area contributed by atoms with Gasteiger partial charge in [0.15, 0.2) is 5.03 Å². The Morgan fingerprint density at radius 1 is 1.11 bits per heavy atom. The van der Waals surface area contributed by atoms with Gasteiger partial charge in [0.2, 0.25) is 0 Å². The van der Waals surface area contributed by atoms with E-state index < -0.39 is 10.0 Å². The van der Waals surface area contributed by atoms with Crippen molar-refractivity contribution >= 4 is 15.7 Å². The summed E-state index contributed by atoms with van der Waals surface area (Å²) in [5.41, 5.74) is 3.44. The molecule has 0 atom stereocenters. The molecule has 7 heteroatoms. The highest BCUT2D eigenvalue weighted by Gasteiger charge is 2.19. The van der Waals surface area contributed by atoms with Crippen molar-refractivity contribution in [3.63, 3.8) is 0 Å². The van der Waals surface area contributed by atoms with E-state index in [0.29, 0.717) is 0 Å². The topological polar surface area (TPSA) is 97.1 Å². The second-order valence-corrected chi connectivity index (χ2v) is 5.49. The first-order chi connectivity index (χ1) is 9.13. The molecule has 1 heterocycles. The molecule has 6 nitrogen and oxygen atoms in total. The highest BCUT2D eigenvalue weighted by Crippen LogP contribution is 2.16. The smallest absolute Gasteiger partial charge is 0.260 e. The summed E-state index contributed by atoms with van der Waals surface area (Å²) in [4.78, 5) is 3.84. The van der Waals surface area contributed by atoms with E-state index in [9.17, 15) is 8.42 Å². The van der Waals surface area contributed by atoms with E-state index in [0.717, 1.165) is 5.56 Å². The zero-order chi connectivity index (χ0) is 13.7. The van der Waals surface area contributed by atoms with Crippen LogP contribution in [0.4, 0.5) is 5.69 Å². The molecule has 2 rings (SSSR count). The molecular formula is C12H14N4O2S. The van der Waals surface area contributed by atoms with Crippen LogP contribution in [0.1, 0.15) is 5.56 Å². The predicted molar refractivity (Wildman–Crippen MR) is 72.5 cm³/mol. The van der Waals surface area contributed by atoms with E-state index in [1.807, 2.05) is 30.3 Å². The SMILES string of the molecule is NNc1cccnc1S(=O)(=O)NCc1ccccc1. The van der Waals surface area contributed by atoms with Crippen molar-refractivity contribution in [1.82, 2.24) is 9.71 Å². The van der Waals surface area contributed by atoms with Crippen molar-refractivity contribution in [3.05, 3.63) is 54.2 Å². The lowest BCUT2D eigenvalue weighted by Gasteiger charge is -2.09. The number of hydrazine groups is 1. The van der Waals surface area contributed by atoms with Crippen molar-refractivity contribution in [1.29, 1.82) is 0 Å². The Balaban J connectivity index is 2.19. The molecule has 0 saturated heterocycles. The van der Waals surface area contributed by atoms with Gasteiger partial charge in [0, 0.05) is 12.7 Å².